The van der Waals surface area contributed by atoms with Gasteiger partial charge in [0.15, 0.2) is 26.9 Å². The van der Waals surface area contributed by atoms with Gasteiger partial charge in [-0.3, -0.25) is 4.79 Å². The molecule has 3 aromatic rings. The SMILES string of the molecule is COc1cccc2cc(C(=O)N3CC[C@H](S(=O)(=O)c4ccc(Cl)cc4)C3)oc12. The highest BCUT2D eigenvalue weighted by Gasteiger charge is 2.37. The van der Waals surface area contributed by atoms with Crippen LogP contribution in [-0.4, -0.2) is 44.7 Å². The van der Waals surface area contributed by atoms with E-state index in [1.165, 1.54) is 24.1 Å². The van der Waals surface area contributed by atoms with Gasteiger partial charge in [-0.05, 0) is 42.8 Å². The average Bonchev–Trinajstić information content (AvgIpc) is 3.35. The number of methoxy groups -OCH3 is 1. The van der Waals surface area contributed by atoms with Crippen LogP contribution in [0, 0.1) is 0 Å². The van der Waals surface area contributed by atoms with Gasteiger partial charge in [-0.1, -0.05) is 23.7 Å². The Morgan fingerprint density at radius 2 is 1.96 bits per heavy atom. The molecule has 0 aliphatic carbocycles. The number of likely N-dealkylation sites (tertiary alicyclic amines) is 1. The van der Waals surface area contributed by atoms with Crippen LogP contribution in [0.25, 0.3) is 11.0 Å². The topological polar surface area (TPSA) is 76.8 Å². The first-order valence-corrected chi connectivity index (χ1v) is 10.7. The first-order chi connectivity index (χ1) is 13.4. The number of hydrogen-bond donors (Lipinski definition) is 0. The van der Waals surface area contributed by atoms with Gasteiger partial charge in [-0.25, -0.2) is 8.42 Å². The van der Waals surface area contributed by atoms with Crippen molar-refractivity contribution in [2.45, 2.75) is 16.6 Å². The van der Waals surface area contributed by atoms with Gasteiger partial charge in [-0.15, -0.1) is 0 Å². The van der Waals surface area contributed by atoms with Crippen LogP contribution in [0.2, 0.25) is 5.02 Å². The predicted octanol–water partition coefficient (Wildman–Crippen LogP) is 3.78. The number of ether oxygens (including phenoxy) is 1. The summed E-state index contributed by atoms with van der Waals surface area (Å²) in [6, 6.07) is 13.1. The Balaban J connectivity index is 1.55. The number of carbonyl (C=O) groups excluding carboxylic acids is 1. The van der Waals surface area contributed by atoms with Crippen LogP contribution in [-0.2, 0) is 9.84 Å². The zero-order valence-electron chi connectivity index (χ0n) is 15.1. The van der Waals surface area contributed by atoms with Crippen molar-refractivity contribution in [2.75, 3.05) is 20.2 Å². The number of halogens is 1. The summed E-state index contributed by atoms with van der Waals surface area (Å²) in [5, 5.41) is 0.575. The molecule has 1 aliphatic rings. The standard InChI is InChI=1S/C20H18ClNO5S/c1-26-17-4-2-3-13-11-18(27-19(13)17)20(23)22-10-9-16(12-22)28(24,25)15-7-5-14(21)6-8-15/h2-8,11,16H,9-10,12H2,1H3/t16-/m0/s1. The summed E-state index contributed by atoms with van der Waals surface area (Å²) in [4.78, 5) is 14.6. The summed E-state index contributed by atoms with van der Waals surface area (Å²) >= 11 is 5.84. The number of amides is 1. The lowest BCUT2D eigenvalue weighted by Gasteiger charge is -2.15. The molecule has 0 radical (unpaired) electrons. The first-order valence-electron chi connectivity index (χ1n) is 8.75. The van der Waals surface area contributed by atoms with Gasteiger partial charge < -0.3 is 14.1 Å². The summed E-state index contributed by atoms with van der Waals surface area (Å²) in [6.45, 7) is 0.475. The summed E-state index contributed by atoms with van der Waals surface area (Å²) in [5.74, 6) is 0.386. The fourth-order valence-corrected chi connectivity index (χ4v) is 5.26. The van der Waals surface area contributed by atoms with Crippen LogP contribution >= 0.6 is 11.6 Å². The Hall–Kier alpha value is -2.51. The van der Waals surface area contributed by atoms with Gasteiger partial charge in [0.2, 0.25) is 0 Å². The molecule has 1 amide bonds. The quantitative estimate of drug-likeness (QED) is 0.643. The number of sulfone groups is 1. The number of fused-ring (bicyclic) bond motifs is 1. The second-order valence-electron chi connectivity index (χ2n) is 6.65. The Morgan fingerprint density at radius 3 is 2.68 bits per heavy atom. The molecule has 4 rings (SSSR count). The molecule has 2 heterocycles. The molecule has 1 atom stereocenters. The van der Waals surface area contributed by atoms with Gasteiger partial charge in [0.25, 0.3) is 5.91 Å². The van der Waals surface area contributed by atoms with E-state index in [1.807, 2.05) is 12.1 Å². The third kappa shape index (κ3) is 3.25. The van der Waals surface area contributed by atoms with Crippen LogP contribution in [0.1, 0.15) is 17.0 Å². The number of nitrogens with zero attached hydrogens (tertiary/aromatic N) is 1. The summed E-state index contributed by atoms with van der Waals surface area (Å²) in [5.41, 5.74) is 0.498. The molecule has 1 fully saturated rings. The van der Waals surface area contributed by atoms with E-state index < -0.39 is 15.1 Å². The molecule has 1 saturated heterocycles. The van der Waals surface area contributed by atoms with E-state index in [0.717, 1.165) is 5.39 Å². The number of furan rings is 1. The lowest BCUT2D eigenvalue weighted by molar-refractivity contribution is 0.0764. The van der Waals surface area contributed by atoms with Crippen LogP contribution in [0.15, 0.2) is 57.8 Å². The lowest BCUT2D eigenvalue weighted by Crippen LogP contribution is -2.31. The number of hydrogen-bond acceptors (Lipinski definition) is 5. The highest BCUT2D eigenvalue weighted by atomic mass is 35.5. The molecule has 0 bridgehead atoms. The van der Waals surface area contributed by atoms with Crippen molar-refractivity contribution < 1.29 is 22.4 Å². The first kappa shape index (κ1) is 18.8. The molecule has 6 nitrogen and oxygen atoms in total. The van der Waals surface area contributed by atoms with Crippen molar-refractivity contribution in [3.05, 3.63) is 59.3 Å². The predicted molar refractivity (Wildman–Crippen MR) is 106 cm³/mol. The van der Waals surface area contributed by atoms with E-state index in [1.54, 1.807) is 24.3 Å². The molecule has 1 aliphatic heterocycles. The number of rotatable bonds is 4. The van der Waals surface area contributed by atoms with Crippen molar-refractivity contribution in [3.8, 4) is 5.75 Å². The highest BCUT2D eigenvalue weighted by Crippen LogP contribution is 2.31. The minimum absolute atomic E-state index is 0.123. The van der Waals surface area contributed by atoms with Crippen molar-refractivity contribution in [2.24, 2.45) is 0 Å². The highest BCUT2D eigenvalue weighted by molar-refractivity contribution is 7.92. The maximum atomic E-state index is 12.9. The second kappa shape index (κ2) is 7.14. The zero-order valence-corrected chi connectivity index (χ0v) is 16.7. The fourth-order valence-electron chi connectivity index (χ4n) is 3.44. The minimum Gasteiger partial charge on any atom is -0.493 e. The molecule has 1 aromatic heterocycles. The molecular formula is C20H18ClNO5S. The minimum atomic E-state index is -3.54. The maximum Gasteiger partial charge on any atom is 0.289 e. The van der Waals surface area contributed by atoms with E-state index in [-0.39, 0.29) is 23.1 Å². The second-order valence-corrected chi connectivity index (χ2v) is 9.31. The summed E-state index contributed by atoms with van der Waals surface area (Å²) in [7, 11) is -2.01. The fraction of sp³-hybridized carbons (Fsp3) is 0.250. The van der Waals surface area contributed by atoms with Gasteiger partial charge in [-0.2, -0.15) is 0 Å². The summed E-state index contributed by atoms with van der Waals surface area (Å²) < 4.78 is 36.7. The van der Waals surface area contributed by atoms with Crippen molar-refractivity contribution in [3.63, 3.8) is 0 Å². The smallest absolute Gasteiger partial charge is 0.289 e. The zero-order chi connectivity index (χ0) is 19.9. The van der Waals surface area contributed by atoms with Gasteiger partial charge in [0, 0.05) is 23.5 Å². The summed E-state index contributed by atoms with van der Waals surface area (Å²) in [6.07, 6.45) is 0.375. The Labute approximate surface area is 167 Å². The molecule has 0 spiro atoms. The van der Waals surface area contributed by atoms with E-state index >= 15 is 0 Å². The number of benzene rings is 2. The third-order valence-corrected chi connectivity index (χ3v) is 7.40. The van der Waals surface area contributed by atoms with Crippen LogP contribution < -0.4 is 4.74 Å². The van der Waals surface area contributed by atoms with Gasteiger partial charge >= 0.3 is 0 Å². The van der Waals surface area contributed by atoms with Gasteiger partial charge in [0.05, 0.1) is 17.3 Å². The average molecular weight is 420 g/mol. The van der Waals surface area contributed by atoms with E-state index in [9.17, 15) is 13.2 Å². The molecule has 0 saturated carbocycles. The van der Waals surface area contributed by atoms with Crippen LogP contribution in [0.3, 0.4) is 0 Å². The molecule has 146 valence electrons. The van der Waals surface area contributed by atoms with E-state index in [0.29, 0.717) is 29.3 Å². The Bertz CT molecular complexity index is 1140. The Morgan fingerprint density at radius 1 is 1.21 bits per heavy atom. The number of para-hydroxylation sites is 1. The van der Waals surface area contributed by atoms with Crippen molar-refractivity contribution in [1.82, 2.24) is 4.90 Å². The van der Waals surface area contributed by atoms with Crippen LogP contribution in [0.5, 0.6) is 5.75 Å². The molecule has 28 heavy (non-hydrogen) atoms. The van der Waals surface area contributed by atoms with E-state index in [2.05, 4.69) is 0 Å². The number of carbonyl (C=O) groups is 1. The maximum absolute atomic E-state index is 12.9. The normalized spacial score (nSPS) is 17.2. The molecule has 8 heteroatoms. The monoisotopic (exact) mass is 419 g/mol. The molecule has 0 unspecified atom stereocenters. The van der Waals surface area contributed by atoms with Crippen LogP contribution in [0.4, 0.5) is 0 Å². The van der Waals surface area contributed by atoms with Gasteiger partial charge in [0.1, 0.15) is 0 Å². The largest absolute Gasteiger partial charge is 0.493 e. The van der Waals surface area contributed by atoms with Crippen molar-refractivity contribution in [1.29, 1.82) is 0 Å². The lowest BCUT2D eigenvalue weighted by atomic mass is 10.2. The third-order valence-electron chi connectivity index (χ3n) is 4.95. The van der Waals surface area contributed by atoms with Crippen molar-refractivity contribution >= 4 is 38.3 Å². The molecule has 0 N–H and O–H groups in total. The van der Waals surface area contributed by atoms with E-state index in [4.69, 9.17) is 20.8 Å². The molecular weight excluding hydrogens is 402 g/mol. The molecule has 2 aromatic carbocycles. The Kier molecular flexibility index (Phi) is 4.81.